The van der Waals surface area contributed by atoms with E-state index in [0.717, 1.165) is 11.3 Å². The summed E-state index contributed by atoms with van der Waals surface area (Å²) in [5.41, 5.74) is 0.921. The van der Waals surface area contributed by atoms with E-state index >= 15 is 0 Å². The largest absolute Gasteiger partial charge is 0.497 e. The fraction of sp³-hybridized carbons (Fsp3) is 0.375. The molecule has 0 aliphatic carbocycles. The molecule has 112 valence electrons. The number of carbonyl (C=O) groups is 2. The van der Waals surface area contributed by atoms with E-state index in [9.17, 15) is 9.59 Å². The minimum absolute atomic E-state index is 0.0744. The van der Waals surface area contributed by atoms with Crippen molar-refractivity contribution in [3.8, 4) is 5.75 Å². The average molecular weight is 289 g/mol. The number of piperidine rings is 1. The lowest BCUT2D eigenvalue weighted by molar-refractivity contribution is -0.144. The van der Waals surface area contributed by atoms with Crippen LogP contribution in [0.3, 0.4) is 0 Å². The Morgan fingerprint density at radius 1 is 1.24 bits per heavy atom. The van der Waals surface area contributed by atoms with E-state index in [2.05, 4.69) is 0 Å². The topological polar surface area (TPSA) is 66.8 Å². The van der Waals surface area contributed by atoms with Crippen LogP contribution in [0.1, 0.15) is 18.4 Å². The van der Waals surface area contributed by atoms with Crippen LogP contribution in [0, 0.1) is 5.92 Å². The van der Waals surface area contributed by atoms with Crippen LogP contribution >= 0.6 is 0 Å². The van der Waals surface area contributed by atoms with Crippen LogP contribution in [0.2, 0.25) is 0 Å². The Balaban J connectivity index is 1.89. The Morgan fingerprint density at radius 2 is 1.86 bits per heavy atom. The van der Waals surface area contributed by atoms with Crippen molar-refractivity contribution in [1.29, 1.82) is 0 Å². The zero-order valence-electron chi connectivity index (χ0n) is 12.0. The van der Waals surface area contributed by atoms with Crippen LogP contribution < -0.4 is 4.74 Å². The maximum atomic E-state index is 12.0. The SMILES string of the molecule is COc1ccc(/C=C\C(=O)N2CCC(C(=O)O)CC2)cc1. The number of aliphatic carboxylic acids is 1. The van der Waals surface area contributed by atoms with Crippen LogP contribution in [0.25, 0.3) is 6.08 Å². The van der Waals surface area contributed by atoms with Crippen LogP contribution in [0.4, 0.5) is 0 Å². The molecule has 21 heavy (non-hydrogen) atoms. The molecule has 0 unspecified atom stereocenters. The van der Waals surface area contributed by atoms with Gasteiger partial charge in [0.2, 0.25) is 5.91 Å². The van der Waals surface area contributed by atoms with Crippen molar-refractivity contribution < 1.29 is 19.4 Å². The molecule has 5 heteroatoms. The van der Waals surface area contributed by atoms with E-state index < -0.39 is 5.97 Å². The molecule has 5 nitrogen and oxygen atoms in total. The Morgan fingerprint density at radius 3 is 2.38 bits per heavy atom. The number of hydrogen-bond donors (Lipinski definition) is 1. The first-order valence-corrected chi connectivity index (χ1v) is 6.94. The van der Waals surface area contributed by atoms with Crippen LogP contribution in [-0.4, -0.2) is 42.1 Å². The monoisotopic (exact) mass is 289 g/mol. The van der Waals surface area contributed by atoms with Crippen molar-refractivity contribution in [2.75, 3.05) is 20.2 Å². The third-order valence-corrected chi connectivity index (χ3v) is 3.69. The second-order valence-corrected chi connectivity index (χ2v) is 5.04. The van der Waals surface area contributed by atoms with E-state index in [1.165, 1.54) is 6.08 Å². The molecule has 0 atom stereocenters. The molecular weight excluding hydrogens is 270 g/mol. The van der Waals surface area contributed by atoms with Gasteiger partial charge in [0.25, 0.3) is 0 Å². The molecule has 1 heterocycles. The molecule has 0 radical (unpaired) electrons. The first-order chi connectivity index (χ1) is 10.1. The van der Waals surface area contributed by atoms with Gasteiger partial charge in [-0.3, -0.25) is 9.59 Å². The molecule has 0 aromatic heterocycles. The summed E-state index contributed by atoms with van der Waals surface area (Å²) in [6.07, 6.45) is 4.34. The minimum Gasteiger partial charge on any atom is -0.497 e. The minimum atomic E-state index is -0.768. The zero-order chi connectivity index (χ0) is 15.2. The van der Waals surface area contributed by atoms with Gasteiger partial charge in [0.1, 0.15) is 5.75 Å². The Labute approximate surface area is 123 Å². The lowest BCUT2D eigenvalue weighted by Gasteiger charge is -2.29. The first kappa shape index (κ1) is 15.1. The third kappa shape index (κ3) is 4.08. The van der Waals surface area contributed by atoms with E-state index in [4.69, 9.17) is 9.84 Å². The Hall–Kier alpha value is -2.30. The highest BCUT2D eigenvalue weighted by molar-refractivity contribution is 5.92. The fourth-order valence-corrected chi connectivity index (χ4v) is 2.33. The maximum Gasteiger partial charge on any atom is 0.306 e. The molecule has 1 amide bonds. The fourth-order valence-electron chi connectivity index (χ4n) is 2.33. The van der Waals surface area contributed by atoms with Gasteiger partial charge >= 0.3 is 5.97 Å². The summed E-state index contributed by atoms with van der Waals surface area (Å²) in [6.45, 7) is 1.01. The van der Waals surface area contributed by atoms with Gasteiger partial charge in [0, 0.05) is 19.2 Å². The average Bonchev–Trinajstić information content (AvgIpc) is 2.53. The molecule has 1 saturated heterocycles. The summed E-state index contributed by atoms with van der Waals surface area (Å²) in [6, 6.07) is 7.42. The number of nitrogens with zero attached hydrogens (tertiary/aromatic N) is 1. The van der Waals surface area contributed by atoms with E-state index in [0.29, 0.717) is 25.9 Å². The first-order valence-electron chi connectivity index (χ1n) is 6.94. The summed E-state index contributed by atoms with van der Waals surface area (Å²) in [4.78, 5) is 24.6. The van der Waals surface area contributed by atoms with Crippen molar-refractivity contribution in [1.82, 2.24) is 4.90 Å². The smallest absolute Gasteiger partial charge is 0.306 e. The number of rotatable bonds is 4. The quantitative estimate of drug-likeness (QED) is 0.861. The Bertz CT molecular complexity index is 528. The van der Waals surface area contributed by atoms with Gasteiger partial charge in [-0.25, -0.2) is 0 Å². The van der Waals surface area contributed by atoms with E-state index in [-0.39, 0.29) is 11.8 Å². The number of carbonyl (C=O) groups excluding carboxylic acids is 1. The molecule has 1 fully saturated rings. The molecule has 1 aliphatic rings. The summed E-state index contributed by atoms with van der Waals surface area (Å²) in [5, 5.41) is 8.93. The van der Waals surface area contributed by atoms with Gasteiger partial charge in [0.15, 0.2) is 0 Å². The molecular formula is C16H19NO4. The molecule has 0 saturated carbocycles. The number of benzene rings is 1. The standard InChI is InChI=1S/C16H19NO4/c1-21-14-5-2-12(3-6-14)4-7-15(18)17-10-8-13(9-11-17)16(19)20/h2-7,13H,8-11H2,1H3,(H,19,20)/b7-4-. The van der Waals surface area contributed by atoms with Crippen LogP contribution in [0.15, 0.2) is 30.3 Å². The predicted octanol–water partition coefficient (Wildman–Crippen LogP) is 2.03. The van der Waals surface area contributed by atoms with Crippen LogP contribution in [-0.2, 0) is 9.59 Å². The molecule has 1 aliphatic heterocycles. The summed E-state index contributed by atoms with van der Waals surface area (Å²) in [5.74, 6) is -0.389. The zero-order valence-corrected chi connectivity index (χ0v) is 12.0. The van der Waals surface area contributed by atoms with Gasteiger partial charge in [0.05, 0.1) is 13.0 Å². The lowest BCUT2D eigenvalue weighted by atomic mass is 9.97. The van der Waals surface area contributed by atoms with Crippen molar-refractivity contribution in [3.05, 3.63) is 35.9 Å². The highest BCUT2D eigenvalue weighted by Crippen LogP contribution is 2.18. The molecule has 0 bridgehead atoms. The van der Waals surface area contributed by atoms with Gasteiger partial charge in [-0.1, -0.05) is 12.1 Å². The normalized spacial score (nSPS) is 16.1. The maximum absolute atomic E-state index is 12.0. The number of hydrogen-bond acceptors (Lipinski definition) is 3. The van der Waals surface area contributed by atoms with Crippen LogP contribution in [0.5, 0.6) is 5.75 Å². The third-order valence-electron chi connectivity index (χ3n) is 3.69. The van der Waals surface area contributed by atoms with Gasteiger partial charge < -0.3 is 14.7 Å². The highest BCUT2D eigenvalue weighted by Gasteiger charge is 2.25. The molecule has 1 aromatic carbocycles. The van der Waals surface area contributed by atoms with Crippen molar-refractivity contribution in [3.63, 3.8) is 0 Å². The number of carboxylic acid groups (broad SMARTS) is 1. The second-order valence-electron chi connectivity index (χ2n) is 5.04. The van der Waals surface area contributed by atoms with Gasteiger partial charge in [-0.2, -0.15) is 0 Å². The van der Waals surface area contributed by atoms with Crippen molar-refractivity contribution in [2.24, 2.45) is 5.92 Å². The molecule has 1 N–H and O–H groups in total. The number of likely N-dealkylation sites (tertiary alicyclic amines) is 1. The number of methoxy groups -OCH3 is 1. The summed E-state index contributed by atoms with van der Waals surface area (Å²) in [7, 11) is 1.61. The predicted molar refractivity (Wildman–Crippen MR) is 79.0 cm³/mol. The molecule has 2 rings (SSSR count). The lowest BCUT2D eigenvalue weighted by Crippen LogP contribution is -2.39. The van der Waals surface area contributed by atoms with Crippen molar-refractivity contribution in [2.45, 2.75) is 12.8 Å². The number of ether oxygens (including phenoxy) is 1. The molecule has 0 spiro atoms. The second kappa shape index (κ2) is 6.92. The van der Waals surface area contributed by atoms with E-state index in [1.807, 2.05) is 24.3 Å². The number of carboxylic acids is 1. The number of amides is 1. The summed E-state index contributed by atoms with van der Waals surface area (Å²) < 4.78 is 5.07. The molecule has 1 aromatic rings. The highest BCUT2D eigenvalue weighted by atomic mass is 16.5. The Kier molecular flexibility index (Phi) is 4.98. The van der Waals surface area contributed by atoms with Gasteiger partial charge in [-0.05, 0) is 36.6 Å². The van der Waals surface area contributed by atoms with Gasteiger partial charge in [-0.15, -0.1) is 0 Å². The summed E-state index contributed by atoms with van der Waals surface area (Å²) >= 11 is 0. The van der Waals surface area contributed by atoms with E-state index in [1.54, 1.807) is 18.1 Å². The van der Waals surface area contributed by atoms with Crippen molar-refractivity contribution >= 4 is 18.0 Å².